The molecule has 0 saturated heterocycles. The van der Waals surface area contributed by atoms with Gasteiger partial charge in [-0.2, -0.15) is 0 Å². The number of methoxy groups -OCH3 is 1. The Bertz CT molecular complexity index is 623. The second-order valence-electron chi connectivity index (χ2n) is 5.43. The monoisotopic (exact) mass is 331 g/mol. The minimum Gasteiger partial charge on any atom is -0.497 e. The lowest BCUT2D eigenvalue weighted by Crippen LogP contribution is -2.38. The van der Waals surface area contributed by atoms with Crippen LogP contribution in [0.15, 0.2) is 52.1 Å². The second-order valence-corrected chi connectivity index (χ2v) is 5.43. The molecular formula is C18H25N3O3. The molecule has 2 aromatic rings. The maximum atomic E-state index is 10.1. The summed E-state index contributed by atoms with van der Waals surface area (Å²) in [6.07, 6.45) is 0.798. The van der Waals surface area contributed by atoms with Gasteiger partial charge in [-0.05, 0) is 36.8 Å². The van der Waals surface area contributed by atoms with E-state index in [0.29, 0.717) is 12.3 Å². The largest absolute Gasteiger partial charge is 0.497 e. The van der Waals surface area contributed by atoms with Crippen LogP contribution in [0.4, 0.5) is 0 Å². The lowest BCUT2D eigenvalue weighted by molar-refractivity contribution is 0.158. The van der Waals surface area contributed by atoms with Gasteiger partial charge in [0.15, 0.2) is 5.96 Å². The lowest BCUT2D eigenvalue weighted by atomic mass is 10.2. The number of hydrogen-bond donors (Lipinski definition) is 2. The van der Waals surface area contributed by atoms with Gasteiger partial charge in [-0.1, -0.05) is 12.1 Å². The van der Waals surface area contributed by atoms with Crippen LogP contribution in [0.25, 0.3) is 0 Å². The first-order valence-corrected chi connectivity index (χ1v) is 7.98. The van der Waals surface area contributed by atoms with E-state index in [-0.39, 0.29) is 6.54 Å². The van der Waals surface area contributed by atoms with Crippen LogP contribution in [0.1, 0.15) is 24.4 Å². The highest BCUT2D eigenvalue weighted by Crippen LogP contribution is 2.14. The van der Waals surface area contributed by atoms with Crippen molar-refractivity contribution < 1.29 is 14.3 Å². The number of aliphatic hydroxyl groups is 1. The maximum absolute atomic E-state index is 10.1. The van der Waals surface area contributed by atoms with E-state index in [0.717, 1.165) is 23.8 Å². The summed E-state index contributed by atoms with van der Waals surface area (Å²) in [5, 5.41) is 13.3. The van der Waals surface area contributed by atoms with Crippen LogP contribution < -0.4 is 10.1 Å². The summed E-state index contributed by atoms with van der Waals surface area (Å²) >= 11 is 0. The zero-order chi connectivity index (χ0) is 17.4. The summed E-state index contributed by atoms with van der Waals surface area (Å²) in [6, 6.07) is 11.4. The number of ether oxygens (including phenoxy) is 1. The smallest absolute Gasteiger partial charge is 0.194 e. The first-order valence-electron chi connectivity index (χ1n) is 7.98. The van der Waals surface area contributed by atoms with E-state index >= 15 is 0 Å². The second kappa shape index (κ2) is 8.98. The number of rotatable bonds is 7. The van der Waals surface area contributed by atoms with Crippen LogP contribution in [0.3, 0.4) is 0 Å². The molecule has 1 aromatic heterocycles. The molecule has 0 saturated carbocycles. The Labute approximate surface area is 142 Å². The number of aliphatic imine (C=N–C) groups is 1. The zero-order valence-corrected chi connectivity index (χ0v) is 14.4. The van der Waals surface area contributed by atoms with Gasteiger partial charge in [-0.3, -0.25) is 0 Å². The number of hydrogen-bond acceptors (Lipinski definition) is 4. The average molecular weight is 331 g/mol. The van der Waals surface area contributed by atoms with Gasteiger partial charge in [0.2, 0.25) is 0 Å². The van der Waals surface area contributed by atoms with Crippen molar-refractivity contribution >= 4 is 5.96 Å². The highest BCUT2D eigenvalue weighted by Gasteiger charge is 2.12. The SMILES string of the molecule is CCNC(=NCC(O)c1ccco1)N(C)Cc1ccc(OC)cc1. The van der Waals surface area contributed by atoms with Gasteiger partial charge in [-0.15, -0.1) is 0 Å². The lowest BCUT2D eigenvalue weighted by Gasteiger charge is -2.22. The molecule has 6 nitrogen and oxygen atoms in total. The molecule has 0 amide bonds. The van der Waals surface area contributed by atoms with E-state index in [4.69, 9.17) is 9.15 Å². The van der Waals surface area contributed by atoms with Crippen molar-refractivity contribution in [3.05, 3.63) is 54.0 Å². The van der Waals surface area contributed by atoms with Crippen molar-refractivity contribution in [1.29, 1.82) is 0 Å². The van der Waals surface area contributed by atoms with Crippen molar-refractivity contribution in [3.8, 4) is 5.75 Å². The van der Waals surface area contributed by atoms with Gasteiger partial charge in [-0.25, -0.2) is 4.99 Å². The molecule has 0 aliphatic heterocycles. The van der Waals surface area contributed by atoms with Crippen LogP contribution in [0, 0.1) is 0 Å². The van der Waals surface area contributed by atoms with Crippen molar-refractivity contribution in [1.82, 2.24) is 10.2 Å². The third kappa shape index (κ3) is 5.03. The summed E-state index contributed by atoms with van der Waals surface area (Å²) in [6.45, 7) is 3.71. The molecule has 1 unspecified atom stereocenters. The zero-order valence-electron chi connectivity index (χ0n) is 14.4. The third-order valence-electron chi connectivity index (χ3n) is 3.56. The van der Waals surface area contributed by atoms with Crippen LogP contribution in [-0.2, 0) is 6.54 Å². The number of nitrogens with one attached hydrogen (secondary N) is 1. The van der Waals surface area contributed by atoms with Crippen molar-refractivity contribution in [3.63, 3.8) is 0 Å². The molecule has 1 aromatic carbocycles. The Morgan fingerprint density at radius 3 is 2.67 bits per heavy atom. The molecule has 6 heteroatoms. The molecule has 2 N–H and O–H groups in total. The topological polar surface area (TPSA) is 70.2 Å². The van der Waals surface area contributed by atoms with E-state index in [9.17, 15) is 5.11 Å². The Morgan fingerprint density at radius 1 is 1.33 bits per heavy atom. The highest BCUT2D eigenvalue weighted by atomic mass is 16.5. The van der Waals surface area contributed by atoms with Crippen LogP contribution >= 0.6 is 0 Å². The van der Waals surface area contributed by atoms with Gasteiger partial charge in [0.1, 0.15) is 17.6 Å². The molecule has 0 spiro atoms. The standard InChI is InChI=1S/C18H25N3O3/c1-4-19-18(20-12-16(22)17-6-5-11-24-17)21(2)13-14-7-9-15(23-3)10-8-14/h5-11,16,22H,4,12-13H2,1-3H3,(H,19,20). The van der Waals surface area contributed by atoms with Gasteiger partial charge < -0.3 is 24.5 Å². The maximum Gasteiger partial charge on any atom is 0.194 e. The van der Waals surface area contributed by atoms with Gasteiger partial charge in [0.25, 0.3) is 0 Å². The summed E-state index contributed by atoms with van der Waals surface area (Å²) in [5.41, 5.74) is 1.15. The molecular weight excluding hydrogens is 306 g/mol. The molecule has 2 rings (SSSR count). The van der Waals surface area contributed by atoms with Crippen LogP contribution in [-0.4, -0.2) is 43.2 Å². The third-order valence-corrected chi connectivity index (χ3v) is 3.56. The molecule has 0 aliphatic carbocycles. The molecule has 0 bridgehead atoms. The predicted molar refractivity (Wildman–Crippen MR) is 94.1 cm³/mol. The van der Waals surface area contributed by atoms with Gasteiger partial charge in [0, 0.05) is 20.1 Å². The van der Waals surface area contributed by atoms with E-state index in [1.54, 1.807) is 25.5 Å². The predicted octanol–water partition coefficient (Wildman–Crippen LogP) is 2.42. The minimum atomic E-state index is -0.747. The summed E-state index contributed by atoms with van der Waals surface area (Å²) < 4.78 is 10.4. The molecule has 1 atom stereocenters. The quantitative estimate of drug-likeness (QED) is 0.602. The fourth-order valence-electron chi connectivity index (χ4n) is 2.29. The Hall–Kier alpha value is -2.47. The number of furan rings is 1. The van der Waals surface area contributed by atoms with E-state index in [2.05, 4.69) is 10.3 Å². The number of nitrogens with zero attached hydrogens (tertiary/aromatic N) is 2. The summed E-state index contributed by atoms with van der Waals surface area (Å²) in [7, 11) is 3.62. The average Bonchev–Trinajstić information content (AvgIpc) is 3.13. The first-order chi connectivity index (χ1) is 11.6. The summed E-state index contributed by atoms with van der Waals surface area (Å²) in [5.74, 6) is 2.09. The normalized spacial score (nSPS) is 12.8. The highest BCUT2D eigenvalue weighted by molar-refractivity contribution is 5.79. The van der Waals surface area contributed by atoms with E-state index in [1.807, 2.05) is 43.1 Å². The fraction of sp³-hybridized carbons (Fsp3) is 0.389. The van der Waals surface area contributed by atoms with E-state index < -0.39 is 6.10 Å². The molecule has 24 heavy (non-hydrogen) atoms. The Kier molecular flexibility index (Phi) is 6.69. The Morgan fingerprint density at radius 2 is 2.08 bits per heavy atom. The van der Waals surface area contributed by atoms with Crippen molar-refractivity contribution in [2.75, 3.05) is 27.2 Å². The molecule has 0 radical (unpaired) electrons. The van der Waals surface area contributed by atoms with Crippen LogP contribution in [0.2, 0.25) is 0 Å². The van der Waals surface area contributed by atoms with Crippen molar-refractivity contribution in [2.24, 2.45) is 4.99 Å². The summed E-state index contributed by atoms with van der Waals surface area (Å²) in [4.78, 5) is 6.51. The molecule has 0 fully saturated rings. The van der Waals surface area contributed by atoms with Gasteiger partial charge >= 0.3 is 0 Å². The first kappa shape index (κ1) is 17.9. The Balaban J connectivity index is 2.00. The number of guanidine groups is 1. The fourth-order valence-corrected chi connectivity index (χ4v) is 2.29. The number of aliphatic hydroxyl groups excluding tert-OH is 1. The van der Waals surface area contributed by atoms with Crippen LogP contribution in [0.5, 0.6) is 5.75 Å². The van der Waals surface area contributed by atoms with Gasteiger partial charge in [0.05, 0.1) is 19.9 Å². The molecule has 0 aliphatic rings. The van der Waals surface area contributed by atoms with E-state index in [1.165, 1.54) is 0 Å². The molecule has 130 valence electrons. The number of benzene rings is 1. The van der Waals surface area contributed by atoms with Crippen molar-refractivity contribution in [2.45, 2.75) is 19.6 Å². The molecule has 1 heterocycles. The minimum absolute atomic E-state index is 0.239.